The van der Waals surface area contributed by atoms with Crippen molar-refractivity contribution in [2.24, 2.45) is 0 Å². The highest BCUT2D eigenvalue weighted by molar-refractivity contribution is 5.92. The van der Waals surface area contributed by atoms with Crippen LogP contribution in [0, 0.1) is 0 Å². The van der Waals surface area contributed by atoms with Gasteiger partial charge < -0.3 is 24.4 Å². The van der Waals surface area contributed by atoms with E-state index in [1.54, 1.807) is 4.90 Å². The molecule has 1 fully saturated rings. The van der Waals surface area contributed by atoms with Crippen LogP contribution >= 0.6 is 0 Å². The first-order valence-electron chi connectivity index (χ1n) is 11.3. The second-order valence-corrected chi connectivity index (χ2v) is 9.60. The lowest BCUT2D eigenvalue weighted by atomic mass is 10.0. The average Bonchev–Trinajstić information content (AvgIpc) is 3.23. The highest BCUT2D eigenvalue weighted by Crippen LogP contribution is 2.26. The fraction of sp³-hybridized carbons (Fsp3) is 0.520. The van der Waals surface area contributed by atoms with Crippen molar-refractivity contribution < 1.29 is 14.3 Å². The fourth-order valence-corrected chi connectivity index (χ4v) is 4.11. The van der Waals surface area contributed by atoms with Gasteiger partial charge in [-0.2, -0.15) is 0 Å². The standard InChI is InChI=1S/C25H36N4O3/c1-25(2,3)32-24(31)28-16-13-20(14-17-28)29-15-9-12-21(29)23(30)26-18-22(27(4)5)19-10-7-6-8-11-19/h6-12,15,20,22H,13-14,16-18H2,1-5H3,(H,26,30). The summed E-state index contributed by atoms with van der Waals surface area (Å²) >= 11 is 0. The smallest absolute Gasteiger partial charge is 0.410 e. The van der Waals surface area contributed by atoms with E-state index >= 15 is 0 Å². The van der Waals surface area contributed by atoms with Gasteiger partial charge in [0.25, 0.3) is 5.91 Å². The third-order valence-corrected chi connectivity index (χ3v) is 5.78. The van der Waals surface area contributed by atoms with Gasteiger partial charge in [-0.3, -0.25) is 4.79 Å². The van der Waals surface area contributed by atoms with Gasteiger partial charge in [-0.25, -0.2) is 4.79 Å². The molecule has 0 radical (unpaired) electrons. The number of carbonyl (C=O) groups excluding carboxylic acids is 2. The molecule has 1 atom stereocenters. The Morgan fingerprint density at radius 1 is 1.09 bits per heavy atom. The molecule has 1 unspecified atom stereocenters. The molecule has 1 aliphatic rings. The quantitative estimate of drug-likeness (QED) is 0.735. The summed E-state index contributed by atoms with van der Waals surface area (Å²) < 4.78 is 7.54. The Morgan fingerprint density at radius 2 is 1.75 bits per heavy atom. The Labute approximate surface area is 191 Å². The number of amides is 2. The molecule has 0 bridgehead atoms. The highest BCUT2D eigenvalue weighted by Gasteiger charge is 2.29. The van der Waals surface area contributed by atoms with E-state index in [2.05, 4.69) is 26.9 Å². The van der Waals surface area contributed by atoms with E-state index in [4.69, 9.17) is 4.74 Å². The van der Waals surface area contributed by atoms with Gasteiger partial charge in [-0.15, -0.1) is 0 Å². The Balaban J connectivity index is 1.59. The molecule has 1 aromatic carbocycles. The van der Waals surface area contributed by atoms with Crippen molar-refractivity contribution in [2.75, 3.05) is 33.7 Å². The minimum absolute atomic E-state index is 0.0765. The Kier molecular flexibility index (Phi) is 7.61. The topological polar surface area (TPSA) is 66.8 Å². The third kappa shape index (κ3) is 6.13. The van der Waals surface area contributed by atoms with Crippen LogP contribution in [-0.2, 0) is 4.74 Å². The van der Waals surface area contributed by atoms with Crippen molar-refractivity contribution in [1.29, 1.82) is 0 Å². The van der Waals surface area contributed by atoms with Crippen LogP contribution in [0.5, 0.6) is 0 Å². The zero-order chi connectivity index (χ0) is 23.3. The lowest BCUT2D eigenvalue weighted by molar-refractivity contribution is 0.0187. The zero-order valence-electron chi connectivity index (χ0n) is 19.9. The van der Waals surface area contributed by atoms with Gasteiger partial charge in [0.05, 0.1) is 6.04 Å². The predicted molar refractivity (Wildman–Crippen MR) is 126 cm³/mol. The molecule has 7 heteroatoms. The molecule has 2 aromatic rings. The van der Waals surface area contributed by atoms with Gasteiger partial charge in [0.1, 0.15) is 11.3 Å². The normalized spacial score (nSPS) is 16.1. The highest BCUT2D eigenvalue weighted by atomic mass is 16.6. The van der Waals surface area contributed by atoms with Crippen LogP contribution in [0.15, 0.2) is 48.7 Å². The molecule has 1 N–H and O–H groups in total. The first kappa shape index (κ1) is 23.9. The van der Waals surface area contributed by atoms with E-state index in [1.165, 1.54) is 5.56 Å². The molecule has 1 aromatic heterocycles. The van der Waals surface area contributed by atoms with Gasteiger partial charge in [-0.1, -0.05) is 30.3 Å². The number of nitrogens with zero attached hydrogens (tertiary/aromatic N) is 3. The summed E-state index contributed by atoms with van der Waals surface area (Å²) in [7, 11) is 4.04. The molecule has 2 amide bonds. The molecule has 0 aliphatic carbocycles. The summed E-state index contributed by atoms with van der Waals surface area (Å²) in [6.45, 7) is 7.40. The fourth-order valence-electron chi connectivity index (χ4n) is 4.11. The van der Waals surface area contributed by atoms with E-state index in [0.717, 1.165) is 12.8 Å². The van der Waals surface area contributed by atoms with Gasteiger partial charge >= 0.3 is 6.09 Å². The summed E-state index contributed by atoms with van der Waals surface area (Å²) in [5.74, 6) is -0.0765. The average molecular weight is 441 g/mol. The number of rotatable bonds is 6. The second kappa shape index (κ2) is 10.2. The molecule has 0 saturated carbocycles. The van der Waals surface area contributed by atoms with E-state index in [1.807, 2.05) is 71.4 Å². The van der Waals surface area contributed by atoms with Crippen molar-refractivity contribution in [3.63, 3.8) is 0 Å². The lowest BCUT2D eigenvalue weighted by Gasteiger charge is -2.34. The number of nitrogens with one attached hydrogen (secondary N) is 1. The van der Waals surface area contributed by atoms with Crippen LogP contribution < -0.4 is 5.32 Å². The van der Waals surface area contributed by atoms with E-state index in [0.29, 0.717) is 25.3 Å². The van der Waals surface area contributed by atoms with Crippen LogP contribution in [0.3, 0.4) is 0 Å². The van der Waals surface area contributed by atoms with Crippen molar-refractivity contribution in [3.05, 3.63) is 59.9 Å². The first-order valence-corrected chi connectivity index (χ1v) is 11.3. The van der Waals surface area contributed by atoms with Gasteiger partial charge in [0.2, 0.25) is 0 Å². The van der Waals surface area contributed by atoms with Gasteiger partial charge in [0, 0.05) is 31.9 Å². The summed E-state index contributed by atoms with van der Waals surface area (Å²) in [4.78, 5) is 29.2. The number of carbonyl (C=O) groups is 2. The second-order valence-electron chi connectivity index (χ2n) is 9.60. The Bertz CT molecular complexity index is 893. The maximum absolute atomic E-state index is 13.0. The molecule has 1 saturated heterocycles. The molecule has 7 nitrogen and oxygen atoms in total. The van der Waals surface area contributed by atoms with Crippen molar-refractivity contribution in [2.45, 2.75) is 51.3 Å². The van der Waals surface area contributed by atoms with Crippen LogP contribution in [0.1, 0.15) is 61.7 Å². The summed E-state index contributed by atoms with van der Waals surface area (Å²) in [6.07, 6.45) is 3.28. The lowest BCUT2D eigenvalue weighted by Crippen LogP contribution is -2.42. The number of likely N-dealkylation sites (tertiary alicyclic amines) is 1. The third-order valence-electron chi connectivity index (χ3n) is 5.78. The zero-order valence-corrected chi connectivity index (χ0v) is 19.9. The molecule has 2 heterocycles. The number of aromatic nitrogens is 1. The van der Waals surface area contributed by atoms with Crippen LogP contribution in [-0.4, -0.2) is 65.7 Å². The molecule has 3 rings (SSSR count). The first-order chi connectivity index (χ1) is 15.2. The van der Waals surface area contributed by atoms with Gasteiger partial charge in [0.15, 0.2) is 0 Å². The maximum Gasteiger partial charge on any atom is 0.410 e. The minimum atomic E-state index is -0.496. The predicted octanol–water partition coefficient (Wildman–Crippen LogP) is 4.09. The number of benzene rings is 1. The number of hydrogen-bond acceptors (Lipinski definition) is 4. The summed E-state index contributed by atoms with van der Waals surface area (Å²) in [5, 5.41) is 3.11. The van der Waals surface area contributed by atoms with Crippen molar-refractivity contribution >= 4 is 12.0 Å². The van der Waals surface area contributed by atoms with Crippen LogP contribution in [0.4, 0.5) is 4.79 Å². The van der Waals surface area contributed by atoms with Crippen molar-refractivity contribution in [1.82, 2.24) is 19.7 Å². The number of likely N-dealkylation sites (N-methyl/N-ethyl adjacent to an activating group) is 1. The minimum Gasteiger partial charge on any atom is -0.444 e. The summed E-state index contributed by atoms with van der Waals surface area (Å²) in [5.41, 5.74) is 1.33. The molecular formula is C25H36N4O3. The van der Waals surface area contributed by atoms with E-state index < -0.39 is 5.60 Å². The molecule has 1 aliphatic heterocycles. The monoisotopic (exact) mass is 440 g/mol. The number of hydrogen-bond donors (Lipinski definition) is 1. The Morgan fingerprint density at radius 3 is 2.34 bits per heavy atom. The van der Waals surface area contributed by atoms with Crippen molar-refractivity contribution in [3.8, 4) is 0 Å². The molecule has 174 valence electrons. The van der Waals surface area contributed by atoms with Gasteiger partial charge in [-0.05, 0) is 65.4 Å². The SMILES string of the molecule is CN(C)C(CNC(=O)c1cccn1C1CCN(C(=O)OC(C)(C)C)CC1)c1ccccc1. The molecule has 32 heavy (non-hydrogen) atoms. The molecular weight excluding hydrogens is 404 g/mol. The molecule has 0 spiro atoms. The van der Waals surface area contributed by atoms with E-state index in [-0.39, 0.29) is 24.1 Å². The van der Waals surface area contributed by atoms with E-state index in [9.17, 15) is 9.59 Å². The maximum atomic E-state index is 13.0. The largest absolute Gasteiger partial charge is 0.444 e. The summed E-state index contributed by atoms with van der Waals surface area (Å²) in [6, 6.07) is 14.2. The van der Waals surface area contributed by atoms with Crippen LogP contribution in [0.2, 0.25) is 0 Å². The number of piperidine rings is 1. The Hall–Kier alpha value is -2.80. The number of ether oxygens (including phenoxy) is 1. The van der Waals surface area contributed by atoms with Crippen LogP contribution in [0.25, 0.3) is 0 Å².